The molecule has 0 spiro atoms. The summed E-state index contributed by atoms with van der Waals surface area (Å²) in [4.78, 5) is 25.4. The van der Waals surface area contributed by atoms with Crippen LogP contribution in [0.1, 0.15) is 23.5 Å². The van der Waals surface area contributed by atoms with Crippen LogP contribution in [0, 0.1) is 0 Å². The van der Waals surface area contributed by atoms with Crippen molar-refractivity contribution in [1.82, 2.24) is 0 Å². The van der Waals surface area contributed by atoms with Crippen LogP contribution in [0.4, 0.5) is 11.4 Å². The molecule has 5 heteroatoms. The van der Waals surface area contributed by atoms with Gasteiger partial charge in [0.15, 0.2) is 0 Å². The molecule has 2 amide bonds. The van der Waals surface area contributed by atoms with Crippen molar-refractivity contribution in [3.8, 4) is 0 Å². The largest absolute Gasteiger partial charge is 0.326 e. The minimum atomic E-state index is -0.0626. The van der Waals surface area contributed by atoms with Crippen LogP contribution in [0.25, 0.3) is 0 Å². The van der Waals surface area contributed by atoms with Crippen molar-refractivity contribution >= 4 is 35.0 Å². The minimum Gasteiger partial charge on any atom is -0.326 e. The standard InChI is InChI=1S/C23H20N2O2S/c26-22(24-18-11-12-21-20(13-18)25-23(27)15-28-21)14-19(16-7-3-1-4-8-16)17-9-5-2-6-10-17/h1-13,19H,14-15H2,(H,24,26)(H,25,27). The van der Waals surface area contributed by atoms with Crippen LogP contribution in [0.2, 0.25) is 0 Å². The second kappa shape index (κ2) is 8.31. The average molecular weight is 388 g/mol. The summed E-state index contributed by atoms with van der Waals surface area (Å²) in [6.07, 6.45) is 0.340. The first-order chi connectivity index (χ1) is 13.7. The van der Waals surface area contributed by atoms with Gasteiger partial charge in [0.05, 0.1) is 11.4 Å². The summed E-state index contributed by atoms with van der Waals surface area (Å²) in [5, 5.41) is 5.83. The summed E-state index contributed by atoms with van der Waals surface area (Å²) in [5.74, 6) is 0.325. The Labute approximate surface area is 168 Å². The number of hydrogen-bond donors (Lipinski definition) is 2. The van der Waals surface area contributed by atoms with E-state index in [1.165, 1.54) is 11.8 Å². The molecule has 0 aromatic heterocycles. The van der Waals surface area contributed by atoms with Gasteiger partial charge in [-0.2, -0.15) is 0 Å². The number of rotatable bonds is 5. The fourth-order valence-corrected chi connectivity index (χ4v) is 4.15. The normalized spacial score (nSPS) is 13.0. The van der Waals surface area contributed by atoms with Crippen LogP contribution in [0.15, 0.2) is 83.8 Å². The van der Waals surface area contributed by atoms with Gasteiger partial charge in [0.1, 0.15) is 0 Å². The van der Waals surface area contributed by atoms with Crippen LogP contribution < -0.4 is 10.6 Å². The molecule has 0 aliphatic carbocycles. The molecule has 4 rings (SSSR count). The number of fused-ring (bicyclic) bond motifs is 1. The molecule has 3 aromatic carbocycles. The molecule has 1 aliphatic heterocycles. The number of nitrogens with one attached hydrogen (secondary N) is 2. The number of thioether (sulfide) groups is 1. The fraction of sp³-hybridized carbons (Fsp3) is 0.130. The van der Waals surface area contributed by atoms with E-state index in [1.807, 2.05) is 54.6 Å². The first kappa shape index (κ1) is 18.3. The zero-order valence-corrected chi connectivity index (χ0v) is 16.0. The van der Waals surface area contributed by atoms with Crippen molar-refractivity contribution < 1.29 is 9.59 Å². The van der Waals surface area contributed by atoms with E-state index in [0.717, 1.165) is 21.7 Å². The Kier molecular flexibility index (Phi) is 5.44. The van der Waals surface area contributed by atoms with E-state index in [0.29, 0.717) is 17.9 Å². The van der Waals surface area contributed by atoms with Gasteiger partial charge in [-0.25, -0.2) is 0 Å². The summed E-state index contributed by atoms with van der Waals surface area (Å²) in [5.41, 5.74) is 3.66. The SMILES string of the molecule is O=C(CC(c1ccccc1)c1ccccc1)Nc1ccc2c(c1)NC(=O)CS2. The smallest absolute Gasteiger partial charge is 0.234 e. The Bertz CT molecular complexity index is 950. The van der Waals surface area contributed by atoms with E-state index >= 15 is 0 Å². The molecule has 0 atom stereocenters. The van der Waals surface area contributed by atoms with E-state index in [4.69, 9.17) is 0 Å². The topological polar surface area (TPSA) is 58.2 Å². The molecule has 28 heavy (non-hydrogen) atoms. The lowest BCUT2D eigenvalue weighted by Crippen LogP contribution is -2.20. The molecule has 1 aliphatic rings. The third-order valence-corrected chi connectivity index (χ3v) is 5.76. The molecule has 2 N–H and O–H groups in total. The highest BCUT2D eigenvalue weighted by Gasteiger charge is 2.19. The minimum absolute atomic E-state index is 0.0183. The molecule has 0 bridgehead atoms. The third-order valence-electron chi connectivity index (χ3n) is 4.69. The van der Waals surface area contributed by atoms with Gasteiger partial charge < -0.3 is 10.6 Å². The molecule has 0 unspecified atom stereocenters. The fourth-order valence-electron chi connectivity index (χ4n) is 3.36. The number of anilines is 2. The number of hydrogen-bond acceptors (Lipinski definition) is 3. The highest BCUT2D eigenvalue weighted by Crippen LogP contribution is 2.34. The van der Waals surface area contributed by atoms with Crippen molar-refractivity contribution in [2.24, 2.45) is 0 Å². The van der Waals surface area contributed by atoms with Crippen LogP contribution in [-0.2, 0) is 9.59 Å². The predicted octanol–water partition coefficient (Wildman–Crippen LogP) is 4.89. The van der Waals surface area contributed by atoms with Crippen molar-refractivity contribution in [3.63, 3.8) is 0 Å². The van der Waals surface area contributed by atoms with E-state index in [1.54, 1.807) is 0 Å². The van der Waals surface area contributed by atoms with Crippen molar-refractivity contribution in [2.75, 3.05) is 16.4 Å². The lowest BCUT2D eigenvalue weighted by molar-refractivity contribution is -0.116. The number of carbonyl (C=O) groups excluding carboxylic acids is 2. The monoisotopic (exact) mass is 388 g/mol. The maximum Gasteiger partial charge on any atom is 0.234 e. The molecule has 0 saturated heterocycles. The Hall–Kier alpha value is -3.05. The zero-order chi connectivity index (χ0) is 19.3. The lowest BCUT2D eigenvalue weighted by Gasteiger charge is -2.19. The van der Waals surface area contributed by atoms with E-state index in [2.05, 4.69) is 34.9 Å². The molecule has 140 valence electrons. The molecular weight excluding hydrogens is 368 g/mol. The summed E-state index contributed by atoms with van der Waals surface area (Å²) >= 11 is 1.50. The molecule has 1 heterocycles. The van der Waals surface area contributed by atoms with Gasteiger partial charge in [0.2, 0.25) is 11.8 Å². The van der Waals surface area contributed by atoms with Crippen LogP contribution >= 0.6 is 11.8 Å². The molecule has 0 radical (unpaired) electrons. The van der Waals surface area contributed by atoms with Gasteiger partial charge in [-0.15, -0.1) is 11.8 Å². The van der Waals surface area contributed by atoms with Crippen molar-refractivity contribution in [2.45, 2.75) is 17.2 Å². The Balaban J connectivity index is 1.52. The summed E-state index contributed by atoms with van der Waals surface area (Å²) in [6.45, 7) is 0. The van der Waals surface area contributed by atoms with E-state index < -0.39 is 0 Å². The zero-order valence-electron chi connectivity index (χ0n) is 15.2. The van der Waals surface area contributed by atoms with Crippen LogP contribution in [0.3, 0.4) is 0 Å². The Morgan fingerprint density at radius 3 is 2.25 bits per heavy atom. The molecular formula is C23H20N2O2S. The summed E-state index contributed by atoms with van der Waals surface area (Å²) in [6, 6.07) is 25.8. The second-order valence-electron chi connectivity index (χ2n) is 6.67. The van der Waals surface area contributed by atoms with E-state index in [9.17, 15) is 9.59 Å². The summed E-state index contributed by atoms with van der Waals surface area (Å²) < 4.78 is 0. The Morgan fingerprint density at radius 2 is 1.61 bits per heavy atom. The third kappa shape index (κ3) is 4.26. The van der Waals surface area contributed by atoms with Crippen LogP contribution in [-0.4, -0.2) is 17.6 Å². The predicted molar refractivity (Wildman–Crippen MR) is 114 cm³/mol. The first-order valence-electron chi connectivity index (χ1n) is 9.15. The number of carbonyl (C=O) groups is 2. The highest BCUT2D eigenvalue weighted by molar-refractivity contribution is 8.00. The molecule has 0 fully saturated rings. The maximum atomic E-state index is 12.8. The molecule has 0 saturated carbocycles. The van der Waals surface area contributed by atoms with Gasteiger partial charge in [0, 0.05) is 22.9 Å². The Morgan fingerprint density at radius 1 is 0.964 bits per heavy atom. The first-order valence-corrected chi connectivity index (χ1v) is 10.1. The number of amides is 2. The van der Waals surface area contributed by atoms with Gasteiger partial charge >= 0.3 is 0 Å². The van der Waals surface area contributed by atoms with Gasteiger partial charge in [0.25, 0.3) is 0 Å². The van der Waals surface area contributed by atoms with Gasteiger partial charge in [-0.05, 0) is 29.3 Å². The second-order valence-corrected chi connectivity index (χ2v) is 7.69. The highest BCUT2D eigenvalue weighted by atomic mass is 32.2. The van der Waals surface area contributed by atoms with Gasteiger partial charge in [-0.3, -0.25) is 9.59 Å². The maximum absolute atomic E-state index is 12.8. The molecule has 4 nitrogen and oxygen atoms in total. The quantitative estimate of drug-likeness (QED) is 0.654. The molecule has 3 aromatic rings. The summed E-state index contributed by atoms with van der Waals surface area (Å²) in [7, 11) is 0. The lowest BCUT2D eigenvalue weighted by atomic mass is 9.88. The van der Waals surface area contributed by atoms with E-state index in [-0.39, 0.29) is 17.7 Å². The van der Waals surface area contributed by atoms with Gasteiger partial charge in [-0.1, -0.05) is 60.7 Å². The van der Waals surface area contributed by atoms with Crippen molar-refractivity contribution in [3.05, 3.63) is 90.0 Å². The van der Waals surface area contributed by atoms with Crippen LogP contribution in [0.5, 0.6) is 0 Å². The van der Waals surface area contributed by atoms with Crippen molar-refractivity contribution in [1.29, 1.82) is 0 Å². The number of benzene rings is 3. The average Bonchev–Trinajstić information content (AvgIpc) is 2.73.